The predicted molar refractivity (Wildman–Crippen MR) is 121 cm³/mol. The molecule has 0 aliphatic rings. The average Bonchev–Trinajstić information content (AvgIpc) is 2.74. The van der Waals surface area contributed by atoms with Gasteiger partial charge in [-0.05, 0) is 71.8 Å². The van der Waals surface area contributed by atoms with E-state index in [9.17, 15) is 4.79 Å². The zero-order valence-electron chi connectivity index (χ0n) is 16.3. The lowest BCUT2D eigenvalue weighted by Crippen LogP contribution is -2.17. The fraction of sp³-hybridized carbons (Fsp3) is 0.130. The molecule has 0 saturated heterocycles. The quantitative estimate of drug-likeness (QED) is 0.412. The van der Waals surface area contributed by atoms with Gasteiger partial charge < -0.3 is 9.64 Å². The van der Waals surface area contributed by atoms with Crippen LogP contribution in [0.1, 0.15) is 21.5 Å². The molecule has 0 aromatic heterocycles. The fourth-order valence-electron chi connectivity index (χ4n) is 2.54. The highest BCUT2D eigenvalue weighted by atomic mass is 79.9. The first-order chi connectivity index (χ1) is 14.0. The Balaban J connectivity index is 1.50. The highest BCUT2D eigenvalue weighted by Crippen LogP contribution is 2.16. The van der Waals surface area contributed by atoms with Gasteiger partial charge in [0.25, 0.3) is 5.91 Å². The molecule has 5 nitrogen and oxygen atoms in total. The average molecular weight is 452 g/mol. The van der Waals surface area contributed by atoms with Gasteiger partial charge in [-0.3, -0.25) is 4.79 Å². The molecular formula is C23H22BrN3O2. The van der Waals surface area contributed by atoms with Crippen molar-refractivity contribution >= 4 is 33.7 Å². The molecule has 1 amide bonds. The van der Waals surface area contributed by atoms with Crippen LogP contribution in [0, 0.1) is 0 Å². The first-order valence-electron chi connectivity index (χ1n) is 9.09. The van der Waals surface area contributed by atoms with Crippen molar-refractivity contribution in [3.8, 4) is 5.75 Å². The van der Waals surface area contributed by atoms with E-state index < -0.39 is 0 Å². The highest BCUT2D eigenvalue weighted by Gasteiger charge is 2.04. The molecule has 0 aliphatic heterocycles. The maximum atomic E-state index is 12.1. The minimum absolute atomic E-state index is 0.249. The van der Waals surface area contributed by atoms with E-state index in [4.69, 9.17) is 4.74 Å². The number of halogens is 1. The number of hydrazone groups is 1. The molecule has 0 unspecified atom stereocenters. The minimum atomic E-state index is -0.249. The summed E-state index contributed by atoms with van der Waals surface area (Å²) in [6, 6.07) is 22.9. The summed E-state index contributed by atoms with van der Waals surface area (Å²) in [7, 11) is 3.91. The van der Waals surface area contributed by atoms with Crippen molar-refractivity contribution in [2.24, 2.45) is 5.10 Å². The molecule has 148 valence electrons. The lowest BCUT2D eigenvalue weighted by atomic mass is 10.2. The van der Waals surface area contributed by atoms with Crippen molar-refractivity contribution < 1.29 is 9.53 Å². The Morgan fingerprint density at radius 2 is 1.66 bits per heavy atom. The summed E-state index contributed by atoms with van der Waals surface area (Å²) in [6.07, 6.45) is 1.60. The number of nitrogens with one attached hydrogen (secondary N) is 1. The Bertz CT molecular complexity index is 967. The normalized spacial score (nSPS) is 10.7. The molecule has 6 heteroatoms. The van der Waals surface area contributed by atoms with Crippen LogP contribution >= 0.6 is 15.9 Å². The molecule has 0 saturated carbocycles. The Morgan fingerprint density at radius 1 is 1.00 bits per heavy atom. The molecule has 0 fully saturated rings. The molecule has 0 radical (unpaired) electrons. The number of hydrogen-bond acceptors (Lipinski definition) is 4. The summed E-state index contributed by atoms with van der Waals surface area (Å²) in [5.74, 6) is 0.524. The number of ether oxygens (including phenoxy) is 1. The van der Waals surface area contributed by atoms with Crippen molar-refractivity contribution in [2.45, 2.75) is 6.61 Å². The third kappa shape index (κ3) is 6.19. The van der Waals surface area contributed by atoms with Crippen LogP contribution in [0.25, 0.3) is 0 Å². The van der Waals surface area contributed by atoms with E-state index in [0.717, 1.165) is 27.0 Å². The molecule has 3 rings (SSSR count). The van der Waals surface area contributed by atoms with Crippen molar-refractivity contribution in [3.63, 3.8) is 0 Å². The summed E-state index contributed by atoms with van der Waals surface area (Å²) >= 11 is 3.42. The Hall–Kier alpha value is -3.12. The van der Waals surface area contributed by atoms with Gasteiger partial charge in [0.2, 0.25) is 0 Å². The Labute approximate surface area is 179 Å². The number of nitrogens with zero attached hydrogens (tertiary/aromatic N) is 2. The summed E-state index contributed by atoms with van der Waals surface area (Å²) < 4.78 is 6.82. The predicted octanol–water partition coefficient (Wildman–Crippen LogP) is 4.86. The van der Waals surface area contributed by atoms with E-state index >= 15 is 0 Å². The molecule has 0 heterocycles. The zero-order valence-corrected chi connectivity index (χ0v) is 17.9. The number of anilines is 1. The molecule has 0 spiro atoms. The number of hydrogen-bond donors (Lipinski definition) is 1. The number of benzene rings is 3. The molecule has 3 aromatic rings. The smallest absolute Gasteiger partial charge is 0.271 e. The van der Waals surface area contributed by atoms with Crippen LogP contribution in [0.15, 0.2) is 82.4 Å². The topological polar surface area (TPSA) is 53.9 Å². The van der Waals surface area contributed by atoms with E-state index in [1.807, 2.05) is 79.7 Å². The van der Waals surface area contributed by atoms with Crippen LogP contribution < -0.4 is 15.1 Å². The number of carbonyl (C=O) groups excluding carboxylic acids is 1. The van der Waals surface area contributed by atoms with E-state index in [2.05, 4.69) is 26.5 Å². The van der Waals surface area contributed by atoms with Gasteiger partial charge in [-0.2, -0.15) is 5.10 Å². The van der Waals surface area contributed by atoms with Gasteiger partial charge in [-0.1, -0.05) is 28.1 Å². The molecule has 0 atom stereocenters. The van der Waals surface area contributed by atoms with E-state index in [1.54, 1.807) is 18.3 Å². The second-order valence-electron chi connectivity index (χ2n) is 6.62. The van der Waals surface area contributed by atoms with Gasteiger partial charge in [0.15, 0.2) is 0 Å². The third-order valence-corrected chi connectivity index (χ3v) is 4.75. The Morgan fingerprint density at radius 3 is 2.28 bits per heavy atom. The monoisotopic (exact) mass is 451 g/mol. The molecule has 0 aliphatic carbocycles. The molecule has 0 bridgehead atoms. The first kappa shape index (κ1) is 20.6. The molecular weight excluding hydrogens is 430 g/mol. The first-order valence-corrected chi connectivity index (χ1v) is 9.89. The van der Waals surface area contributed by atoms with Gasteiger partial charge in [-0.15, -0.1) is 0 Å². The van der Waals surface area contributed by atoms with Crippen LogP contribution in [0.2, 0.25) is 0 Å². The van der Waals surface area contributed by atoms with E-state index in [0.29, 0.717) is 12.2 Å². The van der Waals surface area contributed by atoms with Crippen molar-refractivity contribution in [1.29, 1.82) is 0 Å². The van der Waals surface area contributed by atoms with Crippen LogP contribution in [-0.4, -0.2) is 26.2 Å². The molecule has 3 aromatic carbocycles. The highest BCUT2D eigenvalue weighted by molar-refractivity contribution is 9.10. The molecule has 1 N–H and O–H groups in total. The minimum Gasteiger partial charge on any atom is -0.489 e. The maximum Gasteiger partial charge on any atom is 0.271 e. The van der Waals surface area contributed by atoms with Crippen LogP contribution in [0.4, 0.5) is 5.69 Å². The van der Waals surface area contributed by atoms with E-state index in [-0.39, 0.29) is 5.91 Å². The van der Waals surface area contributed by atoms with Gasteiger partial charge in [0, 0.05) is 29.8 Å². The van der Waals surface area contributed by atoms with Gasteiger partial charge in [-0.25, -0.2) is 5.43 Å². The lowest BCUT2D eigenvalue weighted by molar-refractivity contribution is 0.0955. The van der Waals surface area contributed by atoms with Gasteiger partial charge >= 0.3 is 0 Å². The van der Waals surface area contributed by atoms with Crippen LogP contribution in [0.3, 0.4) is 0 Å². The fourth-order valence-corrected chi connectivity index (χ4v) is 2.80. The van der Waals surface area contributed by atoms with Crippen LogP contribution in [-0.2, 0) is 6.61 Å². The summed E-state index contributed by atoms with van der Waals surface area (Å²) in [5, 5.41) is 4.03. The standard InChI is InChI=1S/C23H22BrN3O2/c1-27(2)21-11-7-19(8-12-21)23(28)26-25-15-17-5-13-22(14-6-17)29-16-18-3-9-20(24)10-4-18/h3-15H,16H2,1-2H3,(H,26,28)/b25-15-. The SMILES string of the molecule is CN(C)c1ccc(C(=O)N/N=C\c2ccc(OCc3ccc(Br)cc3)cc2)cc1. The third-order valence-electron chi connectivity index (χ3n) is 4.22. The lowest BCUT2D eigenvalue weighted by Gasteiger charge is -2.12. The van der Waals surface area contributed by atoms with Crippen molar-refractivity contribution in [3.05, 3.63) is 94.0 Å². The molecule has 29 heavy (non-hydrogen) atoms. The second kappa shape index (κ2) is 9.89. The largest absolute Gasteiger partial charge is 0.489 e. The summed E-state index contributed by atoms with van der Waals surface area (Å²) in [4.78, 5) is 14.1. The maximum absolute atomic E-state index is 12.1. The number of amides is 1. The number of carbonyl (C=O) groups is 1. The van der Waals surface area contributed by atoms with Gasteiger partial charge in [0.1, 0.15) is 12.4 Å². The van der Waals surface area contributed by atoms with Crippen molar-refractivity contribution in [2.75, 3.05) is 19.0 Å². The summed E-state index contributed by atoms with van der Waals surface area (Å²) in [5.41, 5.74) is 6.10. The van der Waals surface area contributed by atoms with Gasteiger partial charge in [0.05, 0.1) is 6.21 Å². The Kier molecular flexibility index (Phi) is 7.03. The second-order valence-corrected chi connectivity index (χ2v) is 7.54. The van der Waals surface area contributed by atoms with E-state index in [1.165, 1.54) is 0 Å². The summed E-state index contributed by atoms with van der Waals surface area (Å²) in [6.45, 7) is 0.503. The van der Waals surface area contributed by atoms with Crippen molar-refractivity contribution in [1.82, 2.24) is 5.43 Å². The zero-order chi connectivity index (χ0) is 20.6. The number of rotatable bonds is 7. The van der Waals surface area contributed by atoms with Crippen LogP contribution in [0.5, 0.6) is 5.75 Å².